The van der Waals surface area contributed by atoms with Crippen molar-refractivity contribution in [3.63, 3.8) is 0 Å². The van der Waals surface area contributed by atoms with E-state index in [1.165, 1.54) is 5.39 Å². The SMILES string of the molecule is O=C(CC1(N2Cc3ccccc3C2=O)CCOCC1)NCCn1ccc2ccccc21. The Hall–Kier alpha value is -3.12. The number of aromatic nitrogens is 1. The molecule has 3 heterocycles. The molecule has 2 amide bonds. The Labute approximate surface area is 181 Å². The van der Waals surface area contributed by atoms with Gasteiger partial charge in [-0.2, -0.15) is 0 Å². The standard InChI is InChI=1S/C25H27N3O3/c29-23(26-12-14-27-13-9-19-5-2-4-8-22(19)27)17-25(10-15-31-16-11-25)28-18-20-6-1-3-7-21(20)24(28)30/h1-9,13H,10-12,14-18H2,(H,26,29). The molecule has 0 aliphatic carbocycles. The molecule has 0 spiro atoms. The number of hydrogen-bond acceptors (Lipinski definition) is 3. The van der Waals surface area contributed by atoms with Crippen LogP contribution in [-0.2, 0) is 22.6 Å². The van der Waals surface area contributed by atoms with Gasteiger partial charge in [0.25, 0.3) is 5.91 Å². The van der Waals surface area contributed by atoms with Gasteiger partial charge in [0.2, 0.25) is 5.91 Å². The van der Waals surface area contributed by atoms with E-state index in [-0.39, 0.29) is 11.8 Å². The van der Waals surface area contributed by atoms with Gasteiger partial charge in [-0.3, -0.25) is 9.59 Å². The molecule has 0 unspecified atom stereocenters. The van der Waals surface area contributed by atoms with Crippen LogP contribution in [0.25, 0.3) is 10.9 Å². The van der Waals surface area contributed by atoms with Crippen LogP contribution >= 0.6 is 0 Å². The highest BCUT2D eigenvalue weighted by Gasteiger charge is 2.45. The third-order valence-corrected chi connectivity index (χ3v) is 6.66. The molecule has 160 valence electrons. The molecule has 6 heteroatoms. The molecule has 1 saturated heterocycles. The Morgan fingerprint density at radius 1 is 1.03 bits per heavy atom. The first-order valence-electron chi connectivity index (χ1n) is 10.9. The van der Waals surface area contributed by atoms with Crippen molar-refractivity contribution in [2.24, 2.45) is 0 Å². The summed E-state index contributed by atoms with van der Waals surface area (Å²) >= 11 is 0. The van der Waals surface area contributed by atoms with E-state index in [1.54, 1.807) is 0 Å². The van der Waals surface area contributed by atoms with Crippen LogP contribution in [0.2, 0.25) is 0 Å². The number of carbonyl (C=O) groups is 2. The number of carbonyl (C=O) groups excluding carboxylic acids is 2. The minimum Gasteiger partial charge on any atom is -0.381 e. The lowest BCUT2D eigenvalue weighted by Gasteiger charge is -2.44. The maximum absolute atomic E-state index is 13.1. The van der Waals surface area contributed by atoms with Crippen molar-refractivity contribution < 1.29 is 14.3 Å². The lowest BCUT2D eigenvalue weighted by atomic mass is 9.84. The molecular weight excluding hydrogens is 390 g/mol. The zero-order chi connectivity index (χ0) is 21.3. The second-order valence-electron chi connectivity index (χ2n) is 8.48. The number of fused-ring (bicyclic) bond motifs is 2. The fourth-order valence-electron chi connectivity index (χ4n) is 4.94. The van der Waals surface area contributed by atoms with Crippen LogP contribution in [0.15, 0.2) is 60.8 Å². The Kier molecular flexibility index (Phi) is 5.24. The van der Waals surface area contributed by atoms with Crippen molar-refractivity contribution >= 4 is 22.7 Å². The Morgan fingerprint density at radius 2 is 1.81 bits per heavy atom. The van der Waals surface area contributed by atoms with Gasteiger partial charge in [0.05, 0.1) is 12.0 Å². The highest BCUT2D eigenvalue weighted by atomic mass is 16.5. The zero-order valence-corrected chi connectivity index (χ0v) is 17.5. The van der Waals surface area contributed by atoms with Crippen LogP contribution < -0.4 is 5.32 Å². The van der Waals surface area contributed by atoms with Gasteiger partial charge in [-0.15, -0.1) is 0 Å². The van der Waals surface area contributed by atoms with Gasteiger partial charge in [0, 0.05) is 50.1 Å². The van der Waals surface area contributed by atoms with E-state index in [9.17, 15) is 9.59 Å². The van der Waals surface area contributed by atoms with E-state index in [4.69, 9.17) is 4.74 Å². The summed E-state index contributed by atoms with van der Waals surface area (Å²) in [6.07, 6.45) is 3.73. The maximum Gasteiger partial charge on any atom is 0.254 e. The van der Waals surface area contributed by atoms with Crippen LogP contribution in [0.3, 0.4) is 0 Å². The molecule has 3 aromatic rings. The van der Waals surface area contributed by atoms with Crippen molar-refractivity contribution in [2.45, 2.75) is 37.9 Å². The summed E-state index contributed by atoms with van der Waals surface area (Å²) in [7, 11) is 0. The fourth-order valence-corrected chi connectivity index (χ4v) is 4.94. The monoisotopic (exact) mass is 417 g/mol. The molecule has 1 fully saturated rings. The van der Waals surface area contributed by atoms with Gasteiger partial charge in [0.1, 0.15) is 0 Å². The van der Waals surface area contributed by atoms with Crippen LogP contribution in [-0.4, -0.2) is 46.6 Å². The van der Waals surface area contributed by atoms with Gasteiger partial charge in [-0.05, 0) is 42.0 Å². The molecule has 0 saturated carbocycles. The third-order valence-electron chi connectivity index (χ3n) is 6.66. The highest BCUT2D eigenvalue weighted by Crippen LogP contribution is 2.38. The van der Waals surface area contributed by atoms with Crippen molar-refractivity contribution in [1.82, 2.24) is 14.8 Å². The predicted molar refractivity (Wildman–Crippen MR) is 119 cm³/mol. The van der Waals surface area contributed by atoms with Gasteiger partial charge in [0.15, 0.2) is 0 Å². The van der Waals surface area contributed by atoms with Crippen LogP contribution in [0.4, 0.5) is 0 Å². The number of amides is 2. The van der Waals surface area contributed by atoms with Crippen molar-refractivity contribution in [1.29, 1.82) is 0 Å². The van der Waals surface area contributed by atoms with E-state index in [2.05, 4.69) is 34.3 Å². The average molecular weight is 418 g/mol. The molecule has 0 bridgehead atoms. The van der Waals surface area contributed by atoms with E-state index in [1.807, 2.05) is 41.3 Å². The number of nitrogens with one attached hydrogen (secondary N) is 1. The summed E-state index contributed by atoms with van der Waals surface area (Å²) in [5.74, 6) is 0.0197. The normalized spacial score (nSPS) is 17.7. The van der Waals surface area contributed by atoms with Crippen LogP contribution in [0.1, 0.15) is 35.2 Å². The van der Waals surface area contributed by atoms with Gasteiger partial charge >= 0.3 is 0 Å². The van der Waals surface area contributed by atoms with Crippen molar-refractivity contribution in [3.05, 3.63) is 71.9 Å². The molecule has 6 nitrogen and oxygen atoms in total. The first-order chi connectivity index (χ1) is 15.2. The summed E-state index contributed by atoms with van der Waals surface area (Å²) < 4.78 is 7.73. The first kappa shape index (κ1) is 19.8. The average Bonchev–Trinajstić information content (AvgIpc) is 3.36. The summed E-state index contributed by atoms with van der Waals surface area (Å²) in [6, 6.07) is 18.1. The summed E-state index contributed by atoms with van der Waals surface area (Å²) in [5.41, 5.74) is 2.48. The quantitative estimate of drug-likeness (QED) is 0.669. The Balaban J connectivity index is 1.26. The molecule has 0 radical (unpaired) electrons. The molecule has 1 N–H and O–H groups in total. The lowest BCUT2D eigenvalue weighted by Crippen LogP contribution is -2.54. The highest BCUT2D eigenvalue weighted by molar-refractivity contribution is 5.99. The maximum atomic E-state index is 13.1. The second-order valence-corrected chi connectivity index (χ2v) is 8.48. The molecular formula is C25H27N3O3. The summed E-state index contributed by atoms with van der Waals surface area (Å²) in [5, 5.41) is 4.28. The number of ether oxygens (including phenoxy) is 1. The van der Waals surface area contributed by atoms with Crippen molar-refractivity contribution in [2.75, 3.05) is 19.8 Å². The predicted octanol–water partition coefficient (Wildman–Crippen LogP) is 3.35. The molecule has 5 rings (SSSR count). The fraction of sp³-hybridized carbons (Fsp3) is 0.360. The third kappa shape index (κ3) is 3.72. The zero-order valence-electron chi connectivity index (χ0n) is 17.5. The molecule has 1 aromatic heterocycles. The molecule has 2 aromatic carbocycles. The van der Waals surface area contributed by atoms with Crippen LogP contribution in [0, 0.1) is 0 Å². The van der Waals surface area contributed by atoms with Gasteiger partial charge in [-0.1, -0.05) is 36.4 Å². The minimum atomic E-state index is -0.488. The largest absolute Gasteiger partial charge is 0.381 e. The van der Waals surface area contributed by atoms with Crippen molar-refractivity contribution in [3.8, 4) is 0 Å². The van der Waals surface area contributed by atoms with E-state index < -0.39 is 5.54 Å². The number of rotatable bonds is 6. The lowest BCUT2D eigenvalue weighted by molar-refractivity contribution is -0.125. The van der Waals surface area contributed by atoms with Gasteiger partial charge in [-0.25, -0.2) is 0 Å². The summed E-state index contributed by atoms with van der Waals surface area (Å²) in [4.78, 5) is 28.0. The smallest absolute Gasteiger partial charge is 0.254 e. The molecule has 0 atom stereocenters. The number of para-hydroxylation sites is 1. The molecule has 2 aliphatic rings. The molecule has 2 aliphatic heterocycles. The minimum absolute atomic E-state index is 0.0119. The van der Waals surface area contributed by atoms with Crippen LogP contribution in [0.5, 0.6) is 0 Å². The first-order valence-corrected chi connectivity index (χ1v) is 10.9. The molecule has 31 heavy (non-hydrogen) atoms. The number of hydrogen-bond donors (Lipinski definition) is 1. The van der Waals surface area contributed by atoms with E-state index in [0.717, 1.165) is 16.6 Å². The van der Waals surface area contributed by atoms with Gasteiger partial charge < -0.3 is 19.5 Å². The Bertz CT molecular complexity index is 1110. The Morgan fingerprint density at radius 3 is 2.65 bits per heavy atom. The number of nitrogens with zero attached hydrogens (tertiary/aromatic N) is 2. The number of benzene rings is 2. The topological polar surface area (TPSA) is 63.6 Å². The summed E-state index contributed by atoms with van der Waals surface area (Å²) in [6.45, 7) is 2.98. The second kappa shape index (κ2) is 8.19. The van der Waals surface area contributed by atoms with E-state index >= 15 is 0 Å². The van der Waals surface area contributed by atoms with E-state index in [0.29, 0.717) is 52.1 Å².